The van der Waals surface area contributed by atoms with Gasteiger partial charge in [0.15, 0.2) is 0 Å². The number of anilines is 1. The van der Waals surface area contributed by atoms with Crippen molar-refractivity contribution in [2.45, 2.75) is 19.8 Å². The molecule has 2 rings (SSSR count). The van der Waals surface area contributed by atoms with Gasteiger partial charge in [-0.3, -0.25) is 4.79 Å². The van der Waals surface area contributed by atoms with Gasteiger partial charge in [0.2, 0.25) is 5.91 Å². The monoisotopic (exact) mass is 322 g/mol. The number of hydrogen-bond acceptors (Lipinski definition) is 3. The van der Waals surface area contributed by atoms with E-state index in [0.717, 1.165) is 15.7 Å². The van der Waals surface area contributed by atoms with Gasteiger partial charge in [-0.05, 0) is 43.5 Å². The molecule has 0 aliphatic carbocycles. The minimum Gasteiger partial charge on any atom is -0.381 e. The predicted molar refractivity (Wildman–Crippen MR) is 75.6 cm³/mol. The fourth-order valence-corrected chi connectivity index (χ4v) is 2.59. The fourth-order valence-electron chi connectivity index (χ4n) is 2.12. The average Bonchev–Trinajstić information content (AvgIpc) is 2.42. The maximum Gasteiger partial charge on any atom is 0.245 e. The van der Waals surface area contributed by atoms with Gasteiger partial charge in [-0.1, -0.05) is 15.9 Å². The number of ether oxygens (including phenoxy) is 1. The van der Waals surface area contributed by atoms with E-state index < -0.39 is 5.41 Å². The van der Waals surface area contributed by atoms with Gasteiger partial charge in [-0.15, -0.1) is 0 Å². The second kappa shape index (κ2) is 5.72. The summed E-state index contributed by atoms with van der Waals surface area (Å²) in [5.74, 6) is -0.233. The van der Waals surface area contributed by atoms with Crippen LogP contribution in [0.1, 0.15) is 18.4 Å². The van der Waals surface area contributed by atoms with E-state index in [1.807, 2.05) is 25.1 Å². The number of nitrogens with zero attached hydrogens (tertiary/aromatic N) is 1. The first-order chi connectivity index (χ1) is 9.07. The molecular weight excluding hydrogens is 308 g/mol. The number of rotatable bonds is 2. The summed E-state index contributed by atoms with van der Waals surface area (Å²) in [5, 5.41) is 12.2. The molecular formula is C14H15BrN2O2. The van der Waals surface area contributed by atoms with Gasteiger partial charge in [0.05, 0.1) is 6.07 Å². The summed E-state index contributed by atoms with van der Waals surface area (Å²) in [6.07, 6.45) is 0.899. The van der Waals surface area contributed by atoms with Crippen molar-refractivity contribution in [1.29, 1.82) is 5.26 Å². The lowest BCUT2D eigenvalue weighted by molar-refractivity contribution is -0.126. The SMILES string of the molecule is Cc1cc(Br)ccc1NC(=O)C1(C#N)CCOCC1. The van der Waals surface area contributed by atoms with Crippen LogP contribution in [0.5, 0.6) is 0 Å². The largest absolute Gasteiger partial charge is 0.381 e. The number of aryl methyl sites for hydroxylation is 1. The number of hydrogen-bond donors (Lipinski definition) is 1. The molecule has 1 aliphatic heterocycles. The Hall–Kier alpha value is -1.38. The van der Waals surface area contributed by atoms with Crippen molar-refractivity contribution in [1.82, 2.24) is 0 Å². The molecule has 1 saturated heterocycles. The lowest BCUT2D eigenvalue weighted by Gasteiger charge is -2.29. The third-order valence-corrected chi connectivity index (χ3v) is 3.92. The highest BCUT2D eigenvalue weighted by Crippen LogP contribution is 2.32. The third kappa shape index (κ3) is 2.96. The van der Waals surface area contributed by atoms with Crippen LogP contribution in [0.4, 0.5) is 5.69 Å². The van der Waals surface area contributed by atoms with Gasteiger partial charge < -0.3 is 10.1 Å². The molecule has 1 heterocycles. The van der Waals surface area contributed by atoms with Crippen LogP contribution in [-0.2, 0) is 9.53 Å². The van der Waals surface area contributed by atoms with Crippen molar-refractivity contribution in [2.24, 2.45) is 5.41 Å². The van der Waals surface area contributed by atoms with Crippen molar-refractivity contribution in [3.63, 3.8) is 0 Å². The van der Waals surface area contributed by atoms with E-state index in [4.69, 9.17) is 4.74 Å². The summed E-state index contributed by atoms with van der Waals surface area (Å²) < 4.78 is 6.19. The number of benzene rings is 1. The number of amides is 1. The maximum absolute atomic E-state index is 12.4. The molecule has 1 amide bonds. The van der Waals surface area contributed by atoms with E-state index in [2.05, 4.69) is 27.3 Å². The lowest BCUT2D eigenvalue weighted by atomic mass is 9.81. The zero-order valence-electron chi connectivity index (χ0n) is 10.7. The molecule has 0 radical (unpaired) electrons. The molecule has 0 spiro atoms. The Kier molecular flexibility index (Phi) is 4.23. The third-order valence-electron chi connectivity index (χ3n) is 3.43. The maximum atomic E-state index is 12.4. The number of carbonyl (C=O) groups excluding carboxylic acids is 1. The quantitative estimate of drug-likeness (QED) is 0.910. The standard InChI is InChI=1S/C14H15BrN2O2/c1-10-8-11(15)2-3-12(10)17-13(18)14(9-16)4-6-19-7-5-14/h2-3,8H,4-7H2,1H3,(H,17,18). The topological polar surface area (TPSA) is 62.1 Å². The Morgan fingerprint density at radius 3 is 2.74 bits per heavy atom. The van der Waals surface area contributed by atoms with E-state index >= 15 is 0 Å². The number of carbonyl (C=O) groups is 1. The molecule has 1 aromatic rings. The number of nitriles is 1. The molecule has 19 heavy (non-hydrogen) atoms. The minimum absolute atomic E-state index is 0.233. The van der Waals surface area contributed by atoms with E-state index in [9.17, 15) is 10.1 Å². The second-order valence-electron chi connectivity index (χ2n) is 4.72. The Balaban J connectivity index is 2.18. The van der Waals surface area contributed by atoms with Gasteiger partial charge in [0.25, 0.3) is 0 Å². The number of nitrogens with one attached hydrogen (secondary N) is 1. The van der Waals surface area contributed by atoms with Crippen LogP contribution in [0.3, 0.4) is 0 Å². The Labute approximate surface area is 120 Å². The summed E-state index contributed by atoms with van der Waals surface area (Å²) >= 11 is 3.38. The highest BCUT2D eigenvalue weighted by atomic mass is 79.9. The fraction of sp³-hybridized carbons (Fsp3) is 0.429. The smallest absolute Gasteiger partial charge is 0.245 e. The van der Waals surface area contributed by atoms with Gasteiger partial charge >= 0.3 is 0 Å². The highest BCUT2D eigenvalue weighted by Gasteiger charge is 2.40. The van der Waals surface area contributed by atoms with Crippen LogP contribution in [0.15, 0.2) is 22.7 Å². The average molecular weight is 323 g/mol. The molecule has 1 aromatic carbocycles. The van der Waals surface area contributed by atoms with Crippen LogP contribution in [-0.4, -0.2) is 19.1 Å². The normalized spacial score (nSPS) is 17.5. The van der Waals surface area contributed by atoms with Crippen LogP contribution < -0.4 is 5.32 Å². The summed E-state index contributed by atoms with van der Waals surface area (Å²) in [7, 11) is 0. The molecule has 0 aromatic heterocycles. The molecule has 100 valence electrons. The molecule has 1 aliphatic rings. The van der Waals surface area contributed by atoms with Gasteiger partial charge in [-0.25, -0.2) is 0 Å². The molecule has 0 saturated carbocycles. The summed E-state index contributed by atoms with van der Waals surface area (Å²) in [6, 6.07) is 7.80. The summed E-state index contributed by atoms with van der Waals surface area (Å²) in [6.45, 7) is 2.84. The highest BCUT2D eigenvalue weighted by molar-refractivity contribution is 9.10. The van der Waals surface area contributed by atoms with E-state index in [1.54, 1.807) is 0 Å². The first-order valence-electron chi connectivity index (χ1n) is 6.14. The van der Waals surface area contributed by atoms with Crippen molar-refractivity contribution >= 4 is 27.5 Å². The zero-order chi connectivity index (χ0) is 13.9. The minimum atomic E-state index is -0.961. The van der Waals surface area contributed by atoms with Crippen LogP contribution >= 0.6 is 15.9 Å². The molecule has 1 fully saturated rings. The van der Waals surface area contributed by atoms with Crippen LogP contribution in [0.2, 0.25) is 0 Å². The molecule has 0 atom stereocenters. The van der Waals surface area contributed by atoms with Gasteiger partial charge in [-0.2, -0.15) is 5.26 Å². The zero-order valence-corrected chi connectivity index (χ0v) is 12.3. The molecule has 0 unspecified atom stereocenters. The predicted octanol–water partition coefficient (Wildman–Crippen LogP) is 3.02. The molecule has 0 bridgehead atoms. The lowest BCUT2D eigenvalue weighted by Crippen LogP contribution is -2.40. The van der Waals surface area contributed by atoms with Crippen LogP contribution in [0.25, 0.3) is 0 Å². The second-order valence-corrected chi connectivity index (χ2v) is 5.64. The first-order valence-corrected chi connectivity index (χ1v) is 6.93. The van der Waals surface area contributed by atoms with E-state index in [1.165, 1.54) is 0 Å². The van der Waals surface area contributed by atoms with Crippen molar-refractivity contribution in [2.75, 3.05) is 18.5 Å². The Morgan fingerprint density at radius 2 is 2.16 bits per heavy atom. The Morgan fingerprint density at radius 1 is 1.47 bits per heavy atom. The molecule has 5 heteroatoms. The van der Waals surface area contributed by atoms with Crippen molar-refractivity contribution in [3.05, 3.63) is 28.2 Å². The van der Waals surface area contributed by atoms with Crippen molar-refractivity contribution in [3.8, 4) is 6.07 Å². The van der Waals surface area contributed by atoms with Gasteiger partial charge in [0, 0.05) is 23.4 Å². The van der Waals surface area contributed by atoms with Crippen molar-refractivity contribution < 1.29 is 9.53 Å². The molecule has 4 nitrogen and oxygen atoms in total. The van der Waals surface area contributed by atoms with E-state index in [0.29, 0.717) is 26.1 Å². The number of halogens is 1. The summed E-state index contributed by atoms with van der Waals surface area (Å²) in [5.41, 5.74) is 0.745. The first kappa shape index (κ1) is 14.0. The van der Waals surface area contributed by atoms with Crippen LogP contribution in [0, 0.1) is 23.7 Å². The molecule has 1 N–H and O–H groups in total. The van der Waals surface area contributed by atoms with Gasteiger partial charge in [0.1, 0.15) is 5.41 Å². The Bertz CT molecular complexity index is 531. The summed E-state index contributed by atoms with van der Waals surface area (Å²) in [4.78, 5) is 12.4. The van der Waals surface area contributed by atoms with E-state index in [-0.39, 0.29) is 5.91 Å².